The van der Waals surface area contributed by atoms with E-state index in [0.717, 1.165) is 20.1 Å². The van der Waals surface area contributed by atoms with Crippen LogP contribution >= 0.6 is 22.7 Å². The lowest BCUT2D eigenvalue weighted by atomic mass is 10.1. The van der Waals surface area contributed by atoms with Crippen molar-refractivity contribution in [2.45, 2.75) is 4.90 Å². The molecule has 0 N–H and O–H groups in total. The van der Waals surface area contributed by atoms with E-state index in [9.17, 15) is 13.2 Å². The third-order valence-electron chi connectivity index (χ3n) is 4.34. The van der Waals surface area contributed by atoms with Crippen LogP contribution in [0.5, 0.6) is 0 Å². The first-order valence-corrected chi connectivity index (χ1v) is 11.2. The second kappa shape index (κ2) is 5.95. The highest BCUT2D eigenvalue weighted by atomic mass is 32.2. The Kier molecular flexibility index (Phi) is 3.65. The Hall–Kier alpha value is -2.61. The molecule has 1 aliphatic rings. The van der Waals surface area contributed by atoms with Crippen LogP contribution in [-0.4, -0.2) is 19.2 Å². The van der Waals surface area contributed by atoms with Crippen LogP contribution in [0.15, 0.2) is 70.5 Å². The molecule has 0 saturated heterocycles. The highest BCUT2D eigenvalue weighted by Gasteiger charge is 2.38. The van der Waals surface area contributed by atoms with Gasteiger partial charge in [-0.05, 0) is 24.3 Å². The SMILES string of the molecule is O=C1/C(=C\c2cc3sc(-c4ccccc4)nc3s2)S(=O)(=O)c2ccccc21. The van der Waals surface area contributed by atoms with E-state index in [1.807, 2.05) is 36.4 Å². The van der Waals surface area contributed by atoms with Gasteiger partial charge in [-0.3, -0.25) is 4.79 Å². The average molecular weight is 410 g/mol. The molecule has 7 heteroatoms. The van der Waals surface area contributed by atoms with E-state index in [1.54, 1.807) is 29.5 Å². The lowest BCUT2D eigenvalue weighted by molar-refractivity contribution is 0.104. The van der Waals surface area contributed by atoms with Gasteiger partial charge in [0.1, 0.15) is 14.7 Å². The van der Waals surface area contributed by atoms with Crippen LogP contribution < -0.4 is 0 Å². The molecule has 0 saturated carbocycles. The van der Waals surface area contributed by atoms with Gasteiger partial charge in [-0.25, -0.2) is 13.4 Å². The zero-order valence-corrected chi connectivity index (χ0v) is 16.2. The second-order valence-corrected chi connectivity index (χ2v) is 10.0. The van der Waals surface area contributed by atoms with E-state index in [0.29, 0.717) is 4.88 Å². The number of Topliss-reactive ketones (excluding diaryl/α,β-unsaturated/α-hetero) is 1. The Morgan fingerprint density at radius 3 is 2.41 bits per heavy atom. The van der Waals surface area contributed by atoms with Gasteiger partial charge in [0, 0.05) is 16.0 Å². The van der Waals surface area contributed by atoms with E-state index >= 15 is 0 Å². The number of aromatic nitrogens is 1. The fraction of sp³-hybridized carbons (Fsp3) is 0. The number of benzene rings is 2. The number of carbonyl (C=O) groups excluding carboxylic acids is 1. The van der Waals surface area contributed by atoms with Crippen molar-refractivity contribution < 1.29 is 13.2 Å². The van der Waals surface area contributed by atoms with Gasteiger partial charge in [-0.1, -0.05) is 42.5 Å². The molecule has 4 aromatic rings. The number of thiophene rings is 1. The Morgan fingerprint density at radius 2 is 1.67 bits per heavy atom. The Morgan fingerprint density at radius 1 is 0.926 bits per heavy atom. The van der Waals surface area contributed by atoms with E-state index in [1.165, 1.54) is 23.5 Å². The van der Waals surface area contributed by atoms with Gasteiger partial charge in [0.15, 0.2) is 0 Å². The van der Waals surface area contributed by atoms with Crippen LogP contribution in [0, 0.1) is 0 Å². The third-order valence-corrected chi connectivity index (χ3v) is 8.31. The van der Waals surface area contributed by atoms with Crippen LogP contribution in [0.3, 0.4) is 0 Å². The van der Waals surface area contributed by atoms with Gasteiger partial charge in [0.2, 0.25) is 15.6 Å². The molecule has 4 nitrogen and oxygen atoms in total. The molecule has 0 fully saturated rings. The molecule has 0 atom stereocenters. The number of ketones is 1. The number of allylic oxidation sites excluding steroid dienone is 1. The maximum atomic E-state index is 12.7. The van der Waals surface area contributed by atoms with Crippen LogP contribution in [0.1, 0.15) is 15.2 Å². The molecular weight excluding hydrogens is 398 g/mol. The molecule has 0 aliphatic carbocycles. The summed E-state index contributed by atoms with van der Waals surface area (Å²) in [5, 5.41) is 0.924. The maximum Gasteiger partial charge on any atom is 0.211 e. The van der Waals surface area contributed by atoms with Gasteiger partial charge < -0.3 is 0 Å². The van der Waals surface area contributed by atoms with Gasteiger partial charge >= 0.3 is 0 Å². The first kappa shape index (κ1) is 16.6. The largest absolute Gasteiger partial charge is 0.288 e. The molecular formula is C20H11NO3S3. The molecule has 5 rings (SSSR count). The number of hydrogen-bond acceptors (Lipinski definition) is 6. The number of rotatable bonds is 2. The molecule has 27 heavy (non-hydrogen) atoms. The Labute approximate surface area is 163 Å². The molecule has 1 aliphatic heterocycles. The monoisotopic (exact) mass is 409 g/mol. The Balaban J connectivity index is 1.57. The topological polar surface area (TPSA) is 64.1 Å². The summed E-state index contributed by atoms with van der Waals surface area (Å²) in [6.07, 6.45) is 1.47. The lowest BCUT2D eigenvalue weighted by Crippen LogP contribution is -2.01. The second-order valence-electron chi connectivity index (χ2n) is 6.04. The fourth-order valence-corrected chi connectivity index (χ4v) is 6.89. The minimum absolute atomic E-state index is 0.0871. The molecule has 0 radical (unpaired) electrons. The quantitative estimate of drug-likeness (QED) is 0.435. The molecule has 132 valence electrons. The summed E-state index contributed by atoms with van der Waals surface area (Å²) >= 11 is 2.94. The summed E-state index contributed by atoms with van der Waals surface area (Å²) in [5.74, 6) is -0.444. The molecule has 0 unspecified atom stereocenters. The number of sulfone groups is 1. The van der Waals surface area contributed by atoms with Crippen molar-refractivity contribution in [3.05, 3.63) is 76.0 Å². The number of fused-ring (bicyclic) bond motifs is 2. The summed E-state index contributed by atoms with van der Waals surface area (Å²) in [4.78, 5) is 18.7. The molecule has 3 heterocycles. The number of hydrogen-bond donors (Lipinski definition) is 0. The van der Waals surface area contributed by atoms with Crippen molar-refractivity contribution in [3.63, 3.8) is 0 Å². The number of nitrogens with zero attached hydrogens (tertiary/aromatic N) is 1. The van der Waals surface area contributed by atoms with Gasteiger partial charge in [0.25, 0.3) is 0 Å². The summed E-state index contributed by atoms with van der Waals surface area (Å²) in [6.45, 7) is 0. The number of carbonyl (C=O) groups is 1. The van der Waals surface area contributed by atoms with Gasteiger partial charge in [0.05, 0.1) is 9.60 Å². The van der Waals surface area contributed by atoms with Gasteiger partial charge in [-0.15, -0.1) is 22.7 Å². The number of thiazole rings is 1. The summed E-state index contributed by atoms with van der Waals surface area (Å²) in [5.41, 5.74) is 1.29. The maximum absolute atomic E-state index is 12.7. The van der Waals surface area contributed by atoms with Crippen LogP contribution in [-0.2, 0) is 9.84 Å². The minimum atomic E-state index is -3.76. The predicted octanol–water partition coefficient (Wildman–Crippen LogP) is 5.04. The zero-order valence-electron chi connectivity index (χ0n) is 13.7. The molecule has 0 amide bonds. The smallest absolute Gasteiger partial charge is 0.211 e. The van der Waals surface area contributed by atoms with Crippen LogP contribution in [0.25, 0.3) is 26.2 Å². The van der Waals surface area contributed by atoms with Crippen molar-refractivity contribution in [1.29, 1.82) is 0 Å². The molecule has 2 aromatic carbocycles. The standard InChI is InChI=1S/C20H11NO3S3/c22-18-14-8-4-5-9-16(14)27(23,24)17(18)11-13-10-15-20(25-13)21-19(26-15)12-6-2-1-3-7-12/h1-11H/b17-11+. The first-order valence-electron chi connectivity index (χ1n) is 8.10. The van der Waals surface area contributed by atoms with E-state index in [-0.39, 0.29) is 15.4 Å². The van der Waals surface area contributed by atoms with E-state index < -0.39 is 15.6 Å². The van der Waals surface area contributed by atoms with Gasteiger partial charge in [-0.2, -0.15) is 0 Å². The average Bonchev–Trinajstić information content (AvgIpc) is 3.29. The summed E-state index contributed by atoms with van der Waals surface area (Å²) in [6, 6.07) is 18.1. The van der Waals surface area contributed by atoms with Crippen LogP contribution in [0.2, 0.25) is 0 Å². The summed E-state index contributed by atoms with van der Waals surface area (Å²) < 4.78 is 26.4. The van der Waals surface area contributed by atoms with Crippen molar-refractivity contribution in [2.24, 2.45) is 0 Å². The van der Waals surface area contributed by atoms with Crippen molar-refractivity contribution >= 4 is 53.9 Å². The van der Waals surface area contributed by atoms with Crippen molar-refractivity contribution in [2.75, 3.05) is 0 Å². The third kappa shape index (κ3) is 2.58. The van der Waals surface area contributed by atoms with Crippen molar-refractivity contribution in [3.8, 4) is 10.6 Å². The molecule has 0 spiro atoms. The first-order chi connectivity index (χ1) is 13.0. The van der Waals surface area contributed by atoms with E-state index in [4.69, 9.17) is 0 Å². The molecule has 0 bridgehead atoms. The highest BCUT2D eigenvalue weighted by Crippen LogP contribution is 2.39. The fourth-order valence-electron chi connectivity index (χ4n) is 3.06. The van der Waals surface area contributed by atoms with Crippen molar-refractivity contribution in [1.82, 2.24) is 4.98 Å². The molecule has 2 aromatic heterocycles. The van der Waals surface area contributed by atoms with Crippen LogP contribution in [0.4, 0.5) is 0 Å². The summed E-state index contributed by atoms with van der Waals surface area (Å²) in [7, 11) is -3.76. The lowest BCUT2D eigenvalue weighted by Gasteiger charge is -1.96. The zero-order chi connectivity index (χ0) is 18.6. The predicted molar refractivity (Wildman–Crippen MR) is 109 cm³/mol. The van der Waals surface area contributed by atoms with E-state index in [2.05, 4.69) is 4.98 Å². The highest BCUT2D eigenvalue weighted by molar-refractivity contribution is 7.97. The minimum Gasteiger partial charge on any atom is -0.288 e. The Bertz CT molecular complexity index is 1310. The normalized spacial score (nSPS) is 16.9.